The van der Waals surface area contributed by atoms with Gasteiger partial charge in [-0.05, 0) is 26.0 Å². The van der Waals surface area contributed by atoms with Crippen molar-refractivity contribution in [3.8, 4) is 11.5 Å². The fourth-order valence-corrected chi connectivity index (χ4v) is 2.66. The fourth-order valence-electron chi connectivity index (χ4n) is 2.66. The summed E-state index contributed by atoms with van der Waals surface area (Å²) < 4.78 is 16.1. The Balaban J connectivity index is 2.67. The van der Waals surface area contributed by atoms with Gasteiger partial charge in [0.25, 0.3) is 0 Å². The van der Waals surface area contributed by atoms with E-state index in [-0.39, 0.29) is 0 Å². The van der Waals surface area contributed by atoms with Gasteiger partial charge < -0.3 is 19.9 Å². The minimum atomic E-state index is -1.27. The number of methoxy groups -OCH3 is 2. The second-order valence-corrected chi connectivity index (χ2v) is 5.33. The molecule has 1 aliphatic heterocycles. The lowest BCUT2D eigenvalue weighted by molar-refractivity contribution is -0.151. The minimum absolute atomic E-state index is 0.319. The van der Waals surface area contributed by atoms with Gasteiger partial charge >= 0.3 is 5.97 Å². The summed E-state index contributed by atoms with van der Waals surface area (Å²) >= 11 is 0. The number of hydrogen-bond acceptors (Lipinski definition) is 5. The van der Waals surface area contributed by atoms with Crippen molar-refractivity contribution in [1.82, 2.24) is 0 Å². The Labute approximate surface area is 112 Å². The van der Waals surface area contributed by atoms with Crippen molar-refractivity contribution in [2.24, 2.45) is 5.73 Å². The van der Waals surface area contributed by atoms with E-state index >= 15 is 0 Å². The van der Waals surface area contributed by atoms with Gasteiger partial charge in [0.2, 0.25) is 0 Å². The monoisotopic (exact) mass is 265 g/mol. The molecule has 0 bridgehead atoms. The van der Waals surface area contributed by atoms with E-state index < -0.39 is 17.1 Å². The zero-order valence-corrected chi connectivity index (χ0v) is 11.6. The van der Waals surface area contributed by atoms with Crippen LogP contribution in [0.5, 0.6) is 11.5 Å². The molecular weight excluding hydrogens is 246 g/mol. The molecule has 1 aromatic rings. The van der Waals surface area contributed by atoms with Crippen molar-refractivity contribution in [3.63, 3.8) is 0 Å². The van der Waals surface area contributed by atoms with Crippen LogP contribution < -0.4 is 15.2 Å². The molecule has 1 aromatic carbocycles. The molecule has 1 heterocycles. The van der Waals surface area contributed by atoms with E-state index in [4.69, 9.17) is 19.9 Å². The third kappa shape index (κ3) is 2.14. The van der Waals surface area contributed by atoms with Crippen LogP contribution >= 0.6 is 0 Å². The van der Waals surface area contributed by atoms with Crippen LogP contribution in [0.1, 0.15) is 25.8 Å². The number of carbonyl (C=O) groups excluding carboxylic acids is 1. The molecule has 104 valence electrons. The van der Waals surface area contributed by atoms with Crippen LogP contribution in [0.15, 0.2) is 18.2 Å². The van der Waals surface area contributed by atoms with Gasteiger partial charge in [-0.2, -0.15) is 0 Å². The van der Waals surface area contributed by atoms with Gasteiger partial charge in [0.05, 0.1) is 19.8 Å². The first-order chi connectivity index (χ1) is 8.84. The molecule has 19 heavy (non-hydrogen) atoms. The molecule has 0 saturated heterocycles. The highest BCUT2D eigenvalue weighted by Crippen LogP contribution is 2.46. The SMILES string of the molecule is COC(=O)C1(N)CC(C)(C)Oc2cccc(OC)c21. The molecule has 0 spiro atoms. The van der Waals surface area contributed by atoms with Crippen LogP contribution in [0.4, 0.5) is 0 Å². The van der Waals surface area contributed by atoms with E-state index in [2.05, 4.69) is 0 Å². The van der Waals surface area contributed by atoms with Crippen molar-refractivity contribution < 1.29 is 19.0 Å². The molecule has 0 radical (unpaired) electrons. The standard InChI is InChI=1S/C14H19NO4/c1-13(2)8-14(15,12(16)18-4)11-9(17-3)6-5-7-10(11)19-13/h5-7H,8,15H2,1-4H3. The predicted octanol–water partition coefficient (Wildman–Crippen LogP) is 1.58. The summed E-state index contributed by atoms with van der Waals surface area (Å²) in [6, 6.07) is 5.34. The lowest BCUT2D eigenvalue weighted by atomic mass is 9.78. The van der Waals surface area contributed by atoms with Gasteiger partial charge in [-0.3, -0.25) is 0 Å². The first kappa shape index (κ1) is 13.7. The van der Waals surface area contributed by atoms with Gasteiger partial charge in [-0.25, -0.2) is 4.79 Å². The Morgan fingerprint density at radius 2 is 2.05 bits per heavy atom. The number of ether oxygens (including phenoxy) is 3. The number of carbonyl (C=O) groups is 1. The lowest BCUT2D eigenvalue weighted by Gasteiger charge is -2.42. The second kappa shape index (κ2) is 4.42. The maximum atomic E-state index is 12.1. The first-order valence-electron chi connectivity index (χ1n) is 6.08. The maximum absolute atomic E-state index is 12.1. The zero-order chi connectivity index (χ0) is 14.3. The molecule has 2 N–H and O–H groups in total. The van der Waals surface area contributed by atoms with Crippen molar-refractivity contribution in [1.29, 1.82) is 0 Å². The molecule has 0 aromatic heterocycles. The summed E-state index contributed by atoms with van der Waals surface area (Å²) in [5.74, 6) is 0.596. The Morgan fingerprint density at radius 1 is 1.37 bits per heavy atom. The molecule has 1 atom stereocenters. The van der Waals surface area contributed by atoms with Gasteiger partial charge in [0, 0.05) is 6.42 Å². The Bertz CT molecular complexity index is 512. The van der Waals surface area contributed by atoms with E-state index in [0.717, 1.165) is 0 Å². The highest BCUT2D eigenvalue weighted by atomic mass is 16.5. The molecule has 1 aliphatic rings. The molecule has 0 amide bonds. The number of esters is 1. The average Bonchev–Trinajstić information content (AvgIpc) is 2.35. The highest BCUT2D eigenvalue weighted by Gasteiger charge is 2.50. The summed E-state index contributed by atoms with van der Waals surface area (Å²) in [5.41, 5.74) is 5.07. The fraction of sp³-hybridized carbons (Fsp3) is 0.500. The maximum Gasteiger partial charge on any atom is 0.330 e. The van der Waals surface area contributed by atoms with Crippen molar-refractivity contribution in [3.05, 3.63) is 23.8 Å². The molecule has 0 saturated carbocycles. The van der Waals surface area contributed by atoms with Crippen LogP contribution in [-0.4, -0.2) is 25.8 Å². The number of fused-ring (bicyclic) bond motifs is 1. The molecular formula is C14H19NO4. The second-order valence-electron chi connectivity index (χ2n) is 5.33. The number of nitrogens with two attached hydrogens (primary N) is 1. The summed E-state index contributed by atoms with van der Waals surface area (Å²) in [6.45, 7) is 3.78. The van der Waals surface area contributed by atoms with Crippen LogP contribution in [-0.2, 0) is 15.1 Å². The van der Waals surface area contributed by atoms with E-state index in [1.54, 1.807) is 18.2 Å². The van der Waals surface area contributed by atoms with Crippen LogP contribution in [0.3, 0.4) is 0 Å². The van der Waals surface area contributed by atoms with Gasteiger partial charge in [-0.1, -0.05) is 6.07 Å². The average molecular weight is 265 g/mol. The van der Waals surface area contributed by atoms with E-state index in [1.807, 2.05) is 13.8 Å². The Kier molecular flexibility index (Phi) is 3.18. The quantitative estimate of drug-likeness (QED) is 0.822. The molecule has 1 unspecified atom stereocenters. The minimum Gasteiger partial charge on any atom is -0.496 e. The third-order valence-electron chi connectivity index (χ3n) is 3.29. The van der Waals surface area contributed by atoms with E-state index in [0.29, 0.717) is 23.5 Å². The smallest absolute Gasteiger partial charge is 0.330 e. The van der Waals surface area contributed by atoms with Gasteiger partial charge in [-0.15, -0.1) is 0 Å². The van der Waals surface area contributed by atoms with Crippen LogP contribution in [0.2, 0.25) is 0 Å². The zero-order valence-electron chi connectivity index (χ0n) is 11.6. The first-order valence-corrected chi connectivity index (χ1v) is 6.08. The van der Waals surface area contributed by atoms with Gasteiger partial charge in [0.1, 0.15) is 17.1 Å². The van der Waals surface area contributed by atoms with Crippen LogP contribution in [0.25, 0.3) is 0 Å². The van der Waals surface area contributed by atoms with Gasteiger partial charge in [0.15, 0.2) is 5.54 Å². The topological polar surface area (TPSA) is 70.8 Å². The largest absolute Gasteiger partial charge is 0.496 e. The summed E-state index contributed by atoms with van der Waals surface area (Å²) in [4.78, 5) is 12.1. The van der Waals surface area contributed by atoms with Crippen molar-refractivity contribution in [2.45, 2.75) is 31.4 Å². The van der Waals surface area contributed by atoms with E-state index in [9.17, 15) is 4.79 Å². The lowest BCUT2D eigenvalue weighted by Crippen LogP contribution is -2.55. The Morgan fingerprint density at radius 3 is 2.63 bits per heavy atom. The normalized spacial score (nSPS) is 24.1. The summed E-state index contributed by atoms with van der Waals surface area (Å²) in [6.07, 6.45) is 0.319. The summed E-state index contributed by atoms with van der Waals surface area (Å²) in [5, 5.41) is 0. The van der Waals surface area contributed by atoms with Crippen molar-refractivity contribution >= 4 is 5.97 Å². The molecule has 2 rings (SSSR count). The number of rotatable bonds is 2. The van der Waals surface area contributed by atoms with Crippen molar-refractivity contribution in [2.75, 3.05) is 14.2 Å². The number of benzene rings is 1. The molecule has 0 aliphatic carbocycles. The molecule has 0 fully saturated rings. The van der Waals surface area contributed by atoms with E-state index in [1.165, 1.54) is 14.2 Å². The third-order valence-corrected chi connectivity index (χ3v) is 3.29. The predicted molar refractivity (Wildman–Crippen MR) is 70.2 cm³/mol. The highest BCUT2D eigenvalue weighted by molar-refractivity contribution is 5.85. The molecule has 5 nitrogen and oxygen atoms in total. The van der Waals surface area contributed by atoms with Crippen LogP contribution in [0, 0.1) is 0 Å². The molecule has 5 heteroatoms. The Hall–Kier alpha value is -1.75. The number of hydrogen-bond donors (Lipinski definition) is 1. The summed E-state index contributed by atoms with van der Waals surface area (Å²) in [7, 11) is 2.86.